The largest absolute Gasteiger partial charge is 0.497 e. The van der Waals surface area contributed by atoms with Crippen molar-refractivity contribution in [2.45, 2.75) is 50.3 Å². The fourth-order valence-corrected chi connectivity index (χ4v) is 6.65. The first-order valence-corrected chi connectivity index (χ1v) is 15.7. The normalized spacial score (nSPS) is 15.2. The summed E-state index contributed by atoms with van der Waals surface area (Å²) in [5.41, 5.74) is -0.453. The molecular formula is C29H32BrF3N4O6S. The van der Waals surface area contributed by atoms with Gasteiger partial charge in [-0.1, -0.05) is 6.07 Å². The van der Waals surface area contributed by atoms with E-state index in [1.54, 1.807) is 26.8 Å². The van der Waals surface area contributed by atoms with Gasteiger partial charge in [0, 0.05) is 30.8 Å². The molecule has 1 aromatic heterocycles. The standard InChI is InChI=1S/C29H32BrF3N4O6S/c1-29(2,3)43-28(38)36-12-11-18(16-36)34-21-14-20(31)27(26(33)25(21)30)44(39,40)37(24-8-6-7-23(32)35-24)15-17-9-10-19(41-4)13-22(17)42-5/h6-10,13-14,18,34H,11-12,15-16H2,1-5H3/t18-/m0/s1. The van der Waals surface area contributed by atoms with Gasteiger partial charge in [-0.3, -0.25) is 0 Å². The zero-order valence-corrected chi connectivity index (χ0v) is 27.1. The van der Waals surface area contributed by atoms with E-state index in [-0.39, 0.29) is 28.0 Å². The highest BCUT2D eigenvalue weighted by molar-refractivity contribution is 9.10. The van der Waals surface area contributed by atoms with Crippen molar-refractivity contribution in [2.75, 3.05) is 36.9 Å². The van der Waals surface area contributed by atoms with Crippen LogP contribution in [0.4, 0.5) is 29.5 Å². The van der Waals surface area contributed by atoms with Crippen LogP contribution in [-0.2, 0) is 21.3 Å². The third-order valence-electron chi connectivity index (χ3n) is 6.63. The number of methoxy groups -OCH3 is 2. The second-order valence-electron chi connectivity index (χ2n) is 10.9. The van der Waals surface area contributed by atoms with Crippen LogP contribution in [0.5, 0.6) is 11.5 Å². The summed E-state index contributed by atoms with van der Waals surface area (Å²) in [5.74, 6) is -3.56. The summed E-state index contributed by atoms with van der Waals surface area (Å²) in [6, 6.07) is 8.45. The molecule has 1 amide bonds. The van der Waals surface area contributed by atoms with Gasteiger partial charge in [-0.2, -0.15) is 4.39 Å². The summed E-state index contributed by atoms with van der Waals surface area (Å²) in [5, 5.41) is 2.98. The zero-order chi connectivity index (χ0) is 32.4. The minimum absolute atomic E-state index is 0.0535. The number of aromatic nitrogens is 1. The Hall–Kier alpha value is -3.72. The molecule has 4 rings (SSSR count). The van der Waals surface area contributed by atoms with Crippen LogP contribution in [0.1, 0.15) is 32.8 Å². The van der Waals surface area contributed by atoms with Crippen LogP contribution >= 0.6 is 15.9 Å². The van der Waals surface area contributed by atoms with Crippen LogP contribution in [0.25, 0.3) is 0 Å². The first-order valence-electron chi connectivity index (χ1n) is 13.4. The minimum atomic E-state index is -5.03. The maximum absolute atomic E-state index is 15.9. The Kier molecular flexibility index (Phi) is 9.88. The summed E-state index contributed by atoms with van der Waals surface area (Å²) in [6.07, 6.45) is -0.0586. The topological polar surface area (TPSA) is 110 Å². The molecule has 10 nitrogen and oxygen atoms in total. The summed E-state index contributed by atoms with van der Waals surface area (Å²) < 4.78 is 89.8. The molecule has 1 atom stereocenters. The van der Waals surface area contributed by atoms with Gasteiger partial charge in [-0.25, -0.2) is 31.3 Å². The third kappa shape index (κ3) is 7.32. The zero-order valence-electron chi connectivity index (χ0n) is 24.7. The van der Waals surface area contributed by atoms with Crippen molar-refractivity contribution < 1.29 is 40.6 Å². The number of carbonyl (C=O) groups excluding carboxylic acids is 1. The van der Waals surface area contributed by atoms with Crippen molar-refractivity contribution in [3.63, 3.8) is 0 Å². The van der Waals surface area contributed by atoms with Gasteiger partial charge in [0.25, 0.3) is 10.0 Å². The highest BCUT2D eigenvalue weighted by Crippen LogP contribution is 2.37. The number of nitrogens with zero attached hydrogens (tertiary/aromatic N) is 3. The van der Waals surface area contributed by atoms with Gasteiger partial charge >= 0.3 is 6.09 Å². The van der Waals surface area contributed by atoms with E-state index in [4.69, 9.17) is 14.2 Å². The van der Waals surface area contributed by atoms with Crippen LogP contribution in [0.2, 0.25) is 0 Å². The molecule has 15 heteroatoms. The number of carbonyl (C=O) groups is 1. The number of hydrogen-bond acceptors (Lipinski definition) is 8. The van der Waals surface area contributed by atoms with Crippen LogP contribution < -0.4 is 19.1 Å². The Morgan fingerprint density at radius 1 is 1.14 bits per heavy atom. The lowest BCUT2D eigenvalue weighted by Gasteiger charge is -2.26. The van der Waals surface area contributed by atoms with E-state index in [0.717, 1.165) is 12.1 Å². The Labute approximate surface area is 262 Å². The maximum Gasteiger partial charge on any atom is 0.410 e. The first-order chi connectivity index (χ1) is 20.6. The number of anilines is 2. The van der Waals surface area contributed by atoms with Crippen molar-refractivity contribution in [3.05, 3.63) is 70.1 Å². The highest BCUT2D eigenvalue weighted by atomic mass is 79.9. The molecule has 1 N–H and O–H groups in total. The molecule has 2 aromatic carbocycles. The Morgan fingerprint density at radius 2 is 1.86 bits per heavy atom. The average Bonchev–Trinajstić information content (AvgIpc) is 3.42. The molecule has 3 aromatic rings. The van der Waals surface area contributed by atoms with E-state index in [0.29, 0.717) is 23.0 Å². The van der Waals surface area contributed by atoms with Gasteiger partial charge in [0.1, 0.15) is 28.7 Å². The number of amides is 1. The van der Waals surface area contributed by atoms with Crippen molar-refractivity contribution >= 4 is 43.6 Å². The quantitative estimate of drug-likeness (QED) is 0.211. The summed E-state index contributed by atoms with van der Waals surface area (Å²) in [7, 11) is -2.24. The lowest BCUT2D eigenvalue weighted by molar-refractivity contribution is 0.0293. The van der Waals surface area contributed by atoms with Gasteiger partial charge in [0.05, 0.1) is 30.9 Å². The molecule has 0 saturated carbocycles. The summed E-state index contributed by atoms with van der Waals surface area (Å²) in [4.78, 5) is 16.3. The van der Waals surface area contributed by atoms with Crippen LogP contribution in [-0.4, -0.2) is 63.3 Å². The van der Waals surface area contributed by atoms with Crippen molar-refractivity contribution in [1.29, 1.82) is 0 Å². The van der Waals surface area contributed by atoms with E-state index in [9.17, 15) is 17.6 Å². The number of halogens is 4. The lowest BCUT2D eigenvalue weighted by atomic mass is 10.2. The number of likely N-dealkylation sites (tertiary alicyclic amines) is 1. The number of hydrogen-bond donors (Lipinski definition) is 1. The smallest absolute Gasteiger partial charge is 0.410 e. The van der Waals surface area contributed by atoms with E-state index < -0.39 is 62.6 Å². The Bertz CT molecular complexity index is 1650. The molecule has 44 heavy (non-hydrogen) atoms. The molecule has 1 saturated heterocycles. The number of pyridine rings is 1. The molecule has 1 aliphatic heterocycles. The Morgan fingerprint density at radius 3 is 2.50 bits per heavy atom. The van der Waals surface area contributed by atoms with Crippen molar-refractivity contribution in [2.24, 2.45) is 0 Å². The molecular weight excluding hydrogens is 669 g/mol. The molecule has 1 aliphatic rings. The summed E-state index contributed by atoms with van der Waals surface area (Å²) in [6.45, 7) is 5.28. The molecule has 2 heterocycles. The lowest BCUT2D eigenvalue weighted by Crippen LogP contribution is -2.36. The fraction of sp³-hybridized carbons (Fsp3) is 0.379. The fourth-order valence-electron chi connectivity index (χ4n) is 4.58. The van der Waals surface area contributed by atoms with E-state index in [1.807, 2.05) is 0 Å². The number of rotatable bonds is 9. The second kappa shape index (κ2) is 13.1. The number of nitrogens with one attached hydrogen (secondary N) is 1. The van der Waals surface area contributed by atoms with Crippen molar-refractivity contribution in [3.8, 4) is 11.5 Å². The van der Waals surface area contributed by atoms with Gasteiger partial charge in [-0.15, -0.1) is 0 Å². The molecule has 0 unspecified atom stereocenters. The molecule has 1 fully saturated rings. The molecule has 0 spiro atoms. The number of benzene rings is 2. The molecule has 238 valence electrons. The van der Waals surface area contributed by atoms with Gasteiger partial charge in [0.2, 0.25) is 5.95 Å². The first kappa shape index (κ1) is 33.2. The predicted octanol–water partition coefficient (Wildman–Crippen LogP) is 6.10. The Balaban J connectivity index is 1.68. The predicted molar refractivity (Wildman–Crippen MR) is 161 cm³/mol. The minimum Gasteiger partial charge on any atom is -0.497 e. The van der Waals surface area contributed by atoms with Crippen molar-refractivity contribution in [1.82, 2.24) is 9.88 Å². The summed E-state index contributed by atoms with van der Waals surface area (Å²) >= 11 is 3.07. The van der Waals surface area contributed by atoms with E-state index in [2.05, 4.69) is 26.2 Å². The molecule has 0 radical (unpaired) electrons. The number of ether oxygens (including phenoxy) is 3. The van der Waals surface area contributed by atoms with Crippen LogP contribution in [0.15, 0.2) is 51.8 Å². The van der Waals surface area contributed by atoms with Gasteiger partial charge in [0.15, 0.2) is 10.7 Å². The maximum atomic E-state index is 15.9. The van der Waals surface area contributed by atoms with E-state index >= 15 is 8.78 Å². The van der Waals surface area contributed by atoms with E-state index in [1.165, 1.54) is 43.4 Å². The highest BCUT2D eigenvalue weighted by Gasteiger charge is 2.36. The molecule has 0 aliphatic carbocycles. The second-order valence-corrected chi connectivity index (χ2v) is 13.5. The monoisotopic (exact) mass is 700 g/mol. The SMILES string of the molecule is COc1ccc(CN(c2cccc(F)n2)S(=O)(=O)c2c(F)cc(N[C@H]3CCN(C(=O)OC(C)(C)C)C3)c(Br)c2F)c(OC)c1. The van der Waals surface area contributed by atoms with Crippen LogP contribution in [0, 0.1) is 17.6 Å². The average molecular weight is 702 g/mol. The van der Waals surface area contributed by atoms with Crippen LogP contribution in [0.3, 0.4) is 0 Å². The third-order valence-corrected chi connectivity index (χ3v) is 9.19. The van der Waals surface area contributed by atoms with Gasteiger partial charge < -0.3 is 24.4 Å². The van der Waals surface area contributed by atoms with Gasteiger partial charge in [-0.05, 0) is 73.5 Å². The number of sulfonamides is 1. The molecule has 0 bridgehead atoms.